The monoisotopic (exact) mass is 226 g/mol. The summed E-state index contributed by atoms with van der Waals surface area (Å²) in [5.41, 5.74) is 1.40. The molecule has 90 valence electrons. The number of carbonyl (C=O) groups excluding carboxylic acids is 1. The fourth-order valence-electron chi connectivity index (χ4n) is 1.74. The van der Waals surface area contributed by atoms with Gasteiger partial charge in [0.2, 0.25) is 6.33 Å². The molecule has 0 aromatic carbocycles. The normalized spacial score (nSPS) is 12.9. The SMILES string of the molecule is COC(=O)[C@H](C(C)C)n1c[n+]([O-])c(C)c1C. The molecule has 0 bridgehead atoms. The van der Waals surface area contributed by atoms with Crippen LogP contribution in [-0.2, 0) is 9.53 Å². The summed E-state index contributed by atoms with van der Waals surface area (Å²) in [5, 5.41) is 11.4. The standard InChI is InChI=1S/C11H18N2O3/c1-7(2)10(11(14)16-5)12-6-13(15)9(4)8(12)3/h6-7,10H,1-5H3/t10-/m0/s1. The highest BCUT2D eigenvalue weighted by Gasteiger charge is 2.32. The Kier molecular flexibility index (Phi) is 3.57. The molecule has 0 fully saturated rings. The molecule has 0 saturated heterocycles. The second-order valence-electron chi connectivity index (χ2n) is 4.23. The van der Waals surface area contributed by atoms with Crippen molar-refractivity contribution in [1.82, 2.24) is 4.57 Å². The summed E-state index contributed by atoms with van der Waals surface area (Å²) in [5.74, 6) is -0.258. The molecule has 5 nitrogen and oxygen atoms in total. The van der Waals surface area contributed by atoms with Gasteiger partial charge in [-0.2, -0.15) is 0 Å². The fraction of sp³-hybridized carbons (Fsp3) is 0.636. The molecule has 0 spiro atoms. The molecular weight excluding hydrogens is 208 g/mol. The van der Waals surface area contributed by atoms with Crippen molar-refractivity contribution < 1.29 is 14.3 Å². The number of hydrogen-bond donors (Lipinski definition) is 0. The average Bonchev–Trinajstić information content (AvgIpc) is 2.46. The third-order valence-electron chi connectivity index (χ3n) is 2.84. The van der Waals surface area contributed by atoms with E-state index >= 15 is 0 Å². The Hall–Kier alpha value is -1.52. The van der Waals surface area contributed by atoms with Crippen molar-refractivity contribution in [2.45, 2.75) is 33.7 Å². The zero-order valence-corrected chi connectivity index (χ0v) is 10.4. The van der Waals surface area contributed by atoms with Crippen molar-refractivity contribution >= 4 is 5.97 Å². The minimum Gasteiger partial charge on any atom is -0.711 e. The van der Waals surface area contributed by atoms with Crippen molar-refractivity contribution in [3.63, 3.8) is 0 Å². The summed E-state index contributed by atoms with van der Waals surface area (Å²) in [6, 6.07) is -0.445. The Morgan fingerprint density at radius 2 is 2.06 bits per heavy atom. The summed E-state index contributed by atoms with van der Waals surface area (Å²) >= 11 is 0. The molecule has 0 N–H and O–H groups in total. The zero-order chi connectivity index (χ0) is 12.5. The number of esters is 1. The minimum atomic E-state index is -0.445. The van der Waals surface area contributed by atoms with E-state index in [4.69, 9.17) is 4.74 Å². The van der Waals surface area contributed by atoms with E-state index in [9.17, 15) is 10.0 Å². The Morgan fingerprint density at radius 1 is 1.50 bits per heavy atom. The zero-order valence-electron chi connectivity index (χ0n) is 10.4. The third kappa shape index (κ3) is 2.03. The lowest BCUT2D eigenvalue weighted by molar-refractivity contribution is -0.611. The summed E-state index contributed by atoms with van der Waals surface area (Å²) < 4.78 is 7.21. The first-order valence-electron chi connectivity index (χ1n) is 5.25. The van der Waals surface area contributed by atoms with E-state index in [-0.39, 0.29) is 11.9 Å². The lowest BCUT2D eigenvalue weighted by Crippen LogP contribution is -2.29. The lowest BCUT2D eigenvalue weighted by atomic mass is 10.0. The lowest BCUT2D eigenvalue weighted by Gasteiger charge is -2.16. The Bertz CT molecular complexity index is 396. The predicted molar refractivity (Wildman–Crippen MR) is 58.8 cm³/mol. The summed E-state index contributed by atoms with van der Waals surface area (Å²) in [7, 11) is 1.36. The molecule has 0 amide bonds. The molecule has 1 atom stereocenters. The molecule has 1 rings (SSSR count). The van der Waals surface area contributed by atoms with E-state index in [1.165, 1.54) is 13.4 Å². The molecule has 0 aliphatic rings. The van der Waals surface area contributed by atoms with Crippen molar-refractivity contribution in [3.8, 4) is 0 Å². The van der Waals surface area contributed by atoms with E-state index < -0.39 is 6.04 Å². The largest absolute Gasteiger partial charge is 0.711 e. The molecule has 5 heteroatoms. The fourth-order valence-corrected chi connectivity index (χ4v) is 1.74. The number of methoxy groups -OCH3 is 1. The molecule has 0 aliphatic heterocycles. The average molecular weight is 226 g/mol. The quantitative estimate of drug-likeness (QED) is 0.440. The van der Waals surface area contributed by atoms with E-state index in [0.717, 1.165) is 10.4 Å². The first-order chi connectivity index (χ1) is 7.40. The second kappa shape index (κ2) is 4.55. The molecule has 16 heavy (non-hydrogen) atoms. The van der Waals surface area contributed by atoms with Crippen LogP contribution in [0.15, 0.2) is 6.33 Å². The third-order valence-corrected chi connectivity index (χ3v) is 2.84. The van der Waals surface area contributed by atoms with Crippen LogP contribution >= 0.6 is 0 Å². The first kappa shape index (κ1) is 12.5. The van der Waals surface area contributed by atoms with Gasteiger partial charge in [-0.3, -0.25) is 0 Å². The summed E-state index contributed by atoms with van der Waals surface area (Å²) in [6.07, 6.45) is 1.40. The molecule has 0 unspecified atom stereocenters. The molecule has 1 aromatic heterocycles. The maximum Gasteiger partial charge on any atom is 0.351 e. The van der Waals surface area contributed by atoms with Gasteiger partial charge in [-0.05, 0) is 0 Å². The first-order valence-corrected chi connectivity index (χ1v) is 5.25. The van der Waals surface area contributed by atoms with Crippen LogP contribution in [0.25, 0.3) is 0 Å². The number of imidazole rings is 1. The number of aromatic nitrogens is 2. The van der Waals surface area contributed by atoms with Gasteiger partial charge in [-0.25, -0.2) is 14.1 Å². The van der Waals surface area contributed by atoms with Gasteiger partial charge in [0.1, 0.15) is 11.4 Å². The molecule has 1 aromatic rings. The molecule has 0 saturated carbocycles. The summed E-state index contributed by atoms with van der Waals surface area (Å²) in [4.78, 5) is 11.7. The molecule has 1 heterocycles. The molecular formula is C11H18N2O3. The van der Waals surface area contributed by atoms with Crippen molar-refractivity contribution in [3.05, 3.63) is 22.9 Å². The molecule has 0 aliphatic carbocycles. The maximum atomic E-state index is 11.7. The van der Waals surface area contributed by atoms with Crippen LogP contribution in [0, 0.1) is 25.0 Å². The topological polar surface area (TPSA) is 58.2 Å². The van der Waals surface area contributed by atoms with Gasteiger partial charge in [0.25, 0.3) is 0 Å². The van der Waals surface area contributed by atoms with Crippen LogP contribution in [-0.4, -0.2) is 17.6 Å². The number of hydrogen-bond acceptors (Lipinski definition) is 3. The highest BCUT2D eigenvalue weighted by molar-refractivity contribution is 5.74. The van der Waals surface area contributed by atoms with E-state index in [1.807, 2.05) is 20.8 Å². The van der Waals surface area contributed by atoms with Gasteiger partial charge in [-0.1, -0.05) is 13.8 Å². The maximum absolute atomic E-state index is 11.7. The van der Waals surface area contributed by atoms with Crippen molar-refractivity contribution in [1.29, 1.82) is 0 Å². The van der Waals surface area contributed by atoms with Gasteiger partial charge in [0, 0.05) is 19.8 Å². The predicted octanol–water partition coefficient (Wildman–Crippen LogP) is 1.11. The van der Waals surface area contributed by atoms with Gasteiger partial charge in [-0.15, -0.1) is 0 Å². The Labute approximate surface area is 95.2 Å². The highest BCUT2D eigenvalue weighted by Crippen LogP contribution is 2.21. The van der Waals surface area contributed by atoms with Gasteiger partial charge in [0.15, 0.2) is 6.04 Å². The second-order valence-corrected chi connectivity index (χ2v) is 4.23. The van der Waals surface area contributed by atoms with E-state index in [1.54, 1.807) is 11.5 Å². The van der Waals surface area contributed by atoms with Crippen LogP contribution in [0.1, 0.15) is 31.3 Å². The van der Waals surface area contributed by atoms with Crippen LogP contribution in [0.2, 0.25) is 0 Å². The van der Waals surface area contributed by atoms with Crippen molar-refractivity contribution in [2.24, 2.45) is 5.92 Å². The van der Waals surface area contributed by atoms with Crippen LogP contribution < -0.4 is 4.73 Å². The number of nitrogens with zero attached hydrogens (tertiary/aromatic N) is 2. The van der Waals surface area contributed by atoms with Crippen molar-refractivity contribution in [2.75, 3.05) is 7.11 Å². The number of carbonyl (C=O) groups is 1. The van der Waals surface area contributed by atoms with Crippen LogP contribution in [0.3, 0.4) is 0 Å². The van der Waals surface area contributed by atoms with Crippen LogP contribution in [0.5, 0.6) is 0 Å². The van der Waals surface area contributed by atoms with Gasteiger partial charge in [0.05, 0.1) is 7.11 Å². The van der Waals surface area contributed by atoms with Gasteiger partial charge >= 0.3 is 5.97 Å². The van der Waals surface area contributed by atoms with E-state index in [2.05, 4.69) is 0 Å². The van der Waals surface area contributed by atoms with Crippen LogP contribution in [0.4, 0.5) is 0 Å². The van der Waals surface area contributed by atoms with Gasteiger partial charge < -0.3 is 9.94 Å². The number of rotatable bonds is 3. The molecule has 0 radical (unpaired) electrons. The highest BCUT2D eigenvalue weighted by atomic mass is 16.5. The minimum absolute atomic E-state index is 0.0675. The Morgan fingerprint density at radius 3 is 2.38 bits per heavy atom. The smallest absolute Gasteiger partial charge is 0.351 e. The Balaban J connectivity index is 3.21. The number of ether oxygens (including phenoxy) is 1. The van der Waals surface area contributed by atoms with E-state index in [0.29, 0.717) is 5.69 Å². The summed E-state index contributed by atoms with van der Waals surface area (Å²) in [6.45, 7) is 7.40.